The summed E-state index contributed by atoms with van der Waals surface area (Å²) in [6, 6.07) is 9.57. The molecule has 0 atom stereocenters. The molecule has 0 heterocycles. The van der Waals surface area contributed by atoms with Gasteiger partial charge in [0, 0.05) is 19.2 Å². The molecule has 0 aliphatic rings. The van der Waals surface area contributed by atoms with E-state index >= 15 is 0 Å². The zero-order chi connectivity index (χ0) is 21.9. The van der Waals surface area contributed by atoms with Crippen LogP contribution in [0.1, 0.15) is 50.2 Å². The number of carbonyl (C=O) groups excluding carboxylic acids is 1. The van der Waals surface area contributed by atoms with Gasteiger partial charge in [0.1, 0.15) is 11.6 Å². The molecule has 2 N–H and O–H groups in total. The van der Waals surface area contributed by atoms with E-state index in [0.717, 1.165) is 49.8 Å². The van der Waals surface area contributed by atoms with Gasteiger partial charge in [0.05, 0.1) is 12.1 Å². The van der Waals surface area contributed by atoms with Crippen LogP contribution in [0, 0.1) is 11.6 Å². The quantitative estimate of drug-likeness (QED) is 0.467. The number of amides is 2. The number of nitrogens with one attached hydrogen (secondary N) is 1. The van der Waals surface area contributed by atoms with Gasteiger partial charge in [-0.2, -0.15) is 0 Å². The number of aliphatic carboxylic acids is 1. The highest BCUT2D eigenvalue weighted by Crippen LogP contribution is 2.17. The van der Waals surface area contributed by atoms with Gasteiger partial charge in [0.25, 0.3) is 0 Å². The molecule has 7 heteroatoms. The Labute approximate surface area is 175 Å². The Kier molecular flexibility index (Phi) is 9.25. The van der Waals surface area contributed by atoms with Crippen molar-refractivity contribution in [2.75, 3.05) is 11.9 Å². The summed E-state index contributed by atoms with van der Waals surface area (Å²) in [6.45, 7) is 2.93. The average molecular weight is 418 g/mol. The molecule has 0 fully saturated rings. The predicted molar refractivity (Wildman–Crippen MR) is 112 cm³/mol. The second-order valence-corrected chi connectivity index (χ2v) is 7.28. The Hall–Kier alpha value is -2.96. The third kappa shape index (κ3) is 7.81. The molecule has 30 heavy (non-hydrogen) atoms. The Balaban J connectivity index is 2.06. The summed E-state index contributed by atoms with van der Waals surface area (Å²) in [7, 11) is 0. The summed E-state index contributed by atoms with van der Waals surface area (Å²) in [4.78, 5) is 25.2. The average Bonchev–Trinajstić information content (AvgIpc) is 2.70. The van der Waals surface area contributed by atoms with Crippen LogP contribution in [-0.2, 0) is 17.8 Å². The molecule has 2 amide bonds. The molecule has 5 nitrogen and oxygen atoms in total. The second-order valence-electron chi connectivity index (χ2n) is 7.28. The Bertz CT molecular complexity index is 841. The van der Waals surface area contributed by atoms with Crippen molar-refractivity contribution in [2.24, 2.45) is 0 Å². The number of benzene rings is 2. The molecule has 0 aromatic heterocycles. The third-order valence-corrected chi connectivity index (χ3v) is 4.74. The van der Waals surface area contributed by atoms with Gasteiger partial charge in [-0.3, -0.25) is 4.79 Å². The monoisotopic (exact) mass is 418 g/mol. The van der Waals surface area contributed by atoms with Crippen LogP contribution >= 0.6 is 0 Å². The molecular weight excluding hydrogens is 390 g/mol. The van der Waals surface area contributed by atoms with Crippen molar-refractivity contribution in [3.8, 4) is 0 Å². The van der Waals surface area contributed by atoms with Crippen molar-refractivity contribution in [1.82, 2.24) is 4.90 Å². The van der Waals surface area contributed by atoms with Crippen LogP contribution < -0.4 is 5.32 Å². The zero-order valence-corrected chi connectivity index (χ0v) is 17.2. The minimum absolute atomic E-state index is 0.0637. The molecule has 2 rings (SSSR count). The summed E-state index contributed by atoms with van der Waals surface area (Å²) in [6.07, 6.45) is 5.08. The number of carbonyl (C=O) groups is 2. The first-order chi connectivity index (χ1) is 14.4. The topological polar surface area (TPSA) is 69.6 Å². The van der Waals surface area contributed by atoms with E-state index in [4.69, 9.17) is 5.11 Å². The maximum atomic E-state index is 13.9. The molecule has 2 aromatic rings. The van der Waals surface area contributed by atoms with Crippen LogP contribution in [0.5, 0.6) is 0 Å². The van der Waals surface area contributed by atoms with Gasteiger partial charge in [0.15, 0.2) is 0 Å². The van der Waals surface area contributed by atoms with Crippen LogP contribution in [0.4, 0.5) is 19.3 Å². The van der Waals surface area contributed by atoms with Gasteiger partial charge in [-0.1, -0.05) is 56.9 Å². The number of nitrogens with zero attached hydrogens (tertiary/aromatic N) is 1. The first kappa shape index (κ1) is 23.3. The molecule has 0 aliphatic carbocycles. The van der Waals surface area contributed by atoms with Gasteiger partial charge in [0.2, 0.25) is 0 Å². The van der Waals surface area contributed by atoms with Gasteiger partial charge in [-0.25, -0.2) is 13.6 Å². The van der Waals surface area contributed by atoms with E-state index in [-0.39, 0.29) is 12.1 Å². The highest BCUT2D eigenvalue weighted by Gasteiger charge is 2.16. The number of carboxylic acids is 1. The second kappa shape index (κ2) is 11.9. The van der Waals surface area contributed by atoms with Crippen molar-refractivity contribution >= 4 is 17.7 Å². The third-order valence-electron chi connectivity index (χ3n) is 4.74. The fourth-order valence-electron chi connectivity index (χ4n) is 3.10. The minimum Gasteiger partial charge on any atom is -0.481 e. The van der Waals surface area contributed by atoms with Crippen LogP contribution in [0.2, 0.25) is 0 Å². The lowest BCUT2D eigenvalue weighted by Crippen LogP contribution is -2.35. The van der Waals surface area contributed by atoms with Crippen LogP contribution in [-0.4, -0.2) is 28.6 Å². The molecule has 0 unspecified atom stereocenters. The lowest BCUT2D eigenvalue weighted by atomic mass is 10.1. The van der Waals surface area contributed by atoms with E-state index in [9.17, 15) is 18.4 Å². The number of anilines is 1. The van der Waals surface area contributed by atoms with E-state index < -0.39 is 23.6 Å². The largest absolute Gasteiger partial charge is 0.481 e. The van der Waals surface area contributed by atoms with Crippen LogP contribution in [0.3, 0.4) is 0 Å². The molecular formula is C23H28F2N2O3. The molecule has 0 bridgehead atoms. The minimum atomic E-state index is -0.905. The normalized spacial score (nSPS) is 10.6. The number of rotatable bonds is 11. The molecule has 0 radical (unpaired) electrons. The van der Waals surface area contributed by atoms with Crippen molar-refractivity contribution in [3.05, 3.63) is 65.2 Å². The summed E-state index contributed by atoms with van der Waals surface area (Å²) in [5, 5.41) is 11.4. The number of halogens is 2. The van der Waals surface area contributed by atoms with Crippen molar-refractivity contribution in [3.63, 3.8) is 0 Å². The fourth-order valence-corrected chi connectivity index (χ4v) is 3.10. The molecule has 0 spiro atoms. The Morgan fingerprint density at radius 1 is 0.967 bits per heavy atom. The number of unbranched alkanes of at least 4 members (excludes halogenated alkanes) is 4. The first-order valence-corrected chi connectivity index (χ1v) is 10.2. The lowest BCUT2D eigenvalue weighted by Gasteiger charge is -2.23. The summed E-state index contributed by atoms with van der Waals surface area (Å²) in [5.41, 5.74) is 1.44. The number of hydrogen-bond donors (Lipinski definition) is 2. The molecule has 2 aromatic carbocycles. The number of urea groups is 1. The number of hydrogen-bond acceptors (Lipinski definition) is 2. The highest BCUT2D eigenvalue weighted by molar-refractivity contribution is 5.89. The van der Waals surface area contributed by atoms with E-state index in [2.05, 4.69) is 12.2 Å². The van der Waals surface area contributed by atoms with Crippen molar-refractivity contribution in [1.29, 1.82) is 0 Å². The SMILES string of the molecule is CCCCCCCN(Cc1ccc(CC(=O)O)cc1)C(=O)Nc1ccc(F)cc1F. The van der Waals surface area contributed by atoms with E-state index in [1.54, 1.807) is 29.2 Å². The zero-order valence-electron chi connectivity index (χ0n) is 17.2. The standard InChI is InChI=1S/C23H28F2N2O3/c1-2-3-4-5-6-13-27(16-18-9-7-17(8-10-18)14-22(28)29)23(30)26-21-12-11-19(24)15-20(21)25/h7-12,15H,2-6,13-14,16H2,1H3,(H,26,30)(H,28,29). The molecule has 162 valence electrons. The predicted octanol–water partition coefficient (Wildman–Crippen LogP) is 5.60. The number of carboxylic acid groups (broad SMARTS) is 1. The van der Waals surface area contributed by atoms with E-state index in [0.29, 0.717) is 18.7 Å². The molecule has 0 saturated heterocycles. The molecule has 0 saturated carbocycles. The summed E-state index contributed by atoms with van der Waals surface area (Å²) >= 11 is 0. The lowest BCUT2D eigenvalue weighted by molar-refractivity contribution is -0.136. The van der Waals surface area contributed by atoms with Crippen LogP contribution in [0.15, 0.2) is 42.5 Å². The first-order valence-electron chi connectivity index (χ1n) is 10.2. The summed E-state index contributed by atoms with van der Waals surface area (Å²) < 4.78 is 27.0. The van der Waals surface area contributed by atoms with Gasteiger partial charge >= 0.3 is 12.0 Å². The van der Waals surface area contributed by atoms with E-state index in [1.165, 1.54) is 6.07 Å². The smallest absolute Gasteiger partial charge is 0.322 e. The Morgan fingerprint density at radius 2 is 1.63 bits per heavy atom. The molecule has 0 aliphatic heterocycles. The maximum absolute atomic E-state index is 13.9. The summed E-state index contributed by atoms with van der Waals surface area (Å²) in [5.74, 6) is -2.44. The van der Waals surface area contributed by atoms with E-state index in [1.807, 2.05) is 0 Å². The maximum Gasteiger partial charge on any atom is 0.322 e. The fraction of sp³-hybridized carbons (Fsp3) is 0.391. The van der Waals surface area contributed by atoms with Gasteiger partial charge in [-0.15, -0.1) is 0 Å². The Morgan fingerprint density at radius 3 is 2.27 bits per heavy atom. The highest BCUT2D eigenvalue weighted by atomic mass is 19.1. The van der Waals surface area contributed by atoms with Crippen molar-refractivity contribution < 1.29 is 23.5 Å². The van der Waals surface area contributed by atoms with Gasteiger partial charge < -0.3 is 15.3 Å². The van der Waals surface area contributed by atoms with Crippen molar-refractivity contribution in [2.45, 2.75) is 52.0 Å². The van der Waals surface area contributed by atoms with Crippen LogP contribution in [0.25, 0.3) is 0 Å². The van der Waals surface area contributed by atoms with Gasteiger partial charge in [-0.05, 0) is 29.7 Å².